The molecule has 21 heavy (non-hydrogen) atoms. The highest BCUT2D eigenvalue weighted by molar-refractivity contribution is 5.40. The summed E-state index contributed by atoms with van der Waals surface area (Å²) in [7, 11) is 1.78. The van der Waals surface area contributed by atoms with E-state index in [1.807, 2.05) is 20.8 Å². The van der Waals surface area contributed by atoms with E-state index < -0.39 is 0 Å². The first-order valence-electron chi connectivity index (χ1n) is 6.81. The normalized spacial score (nSPS) is 11.3. The monoisotopic (exact) mass is 289 g/mol. The molecule has 1 aromatic carbocycles. The van der Waals surface area contributed by atoms with E-state index in [0.717, 1.165) is 0 Å². The van der Waals surface area contributed by atoms with Crippen LogP contribution in [-0.4, -0.2) is 17.0 Å². The van der Waals surface area contributed by atoms with Crippen molar-refractivity contribution in [2.75, 3.05) is 12.4 Å². The van der Waals surface area contributed by atoms with Gasteiger partial charge in [-0.25, -0.2) is 9.37 Å². The molecule has 4 nitrogen and oxygen atoms in total. The van der Waals surface area contributed by atoms with Gasteiger partial charge < -0.3 is 10.1 Å². The molecule has 112 valence electrons. The van der Waals surface area contributed by atoms with Crippen molar-refractivity contribution in [2.45, 2.75) is 33.1 Å². The van der Waals surface area contributed by atoms with Gasteiger partial charge in [0, 0.05) is 24.6 Å². The first-order chi connectivity index (χ1) is 9.79. The van der Waals surface area contributed by atoms with Crippen LogP contribution in [0.1, 0.15) is 32.2 Å². The van der Waals surface area contributed by atoms with Gasteiger partial charge in [-0.15, -0.1) is 0 Å². The highest BCUT2D eigenvalue weighted by atomic mass is 19.1. The van der Waals surface area contributed by atoms with Crippen LogP contribution in [-0.2, 0) is 5.41 Å². The van der Waals surface area contributed by atoms with Gasteiger partial charge in [0.2, 0.25) is 5.88 Å². The second kappa shape index (κ2) is 5.68. The number of halogens is 1. The molecule has 0 aliphatic carbocycles. The third-order valence-corrected chi connectivity index (χ3v) is 3.00. The van der Waals surface area contributed by atoms with E-state index in [0.29, 0.717) is 28.8 Å². The molecule has 0 unspecified atom stereocenters. The van der Waals surface area contributed by atoms with E-state index in [-0.39, 0.29) is 11.2 Å². The van der Waals surface area contributed by atoms with Crippen molar-refractivity contribution < 1.29 is 9.13 Å². The molecule has 1 heterocycles. The Balaban J connectivity index is 2.36. The average Bonchev–Trinajstić information content (AvgIpc) is 2.41. The summed E-state index contributed by atoms with van der Waals surface area (Å²) in [6.45, 7) is 7.78. The maximum Gasteiger partial charge on any atom is 0.224 e. The zero-order chi connectivity index (χ0) is 15.6. The summed E-state index contributed by atoms with van der Waals surface area (Å²) in [5.41, 5.74) is 0.375. The van der Waals surface area contributed by atoms with E-state index in [1.54, 1.807) is 32.2 Å². The molecule has 0 aliphatic heterocycles. The first-order valence-corrected chi connectivity index (χ1v) is 6.81. The molecule has 0 spiro atoms. The lowest BCUT2D eigenvalue weighted by Crippen LogP contribution is -2.17. The van der Waals surface area contributed by atoms with E-state index in [4.69, 9.17) is 4.74 Å². The van der Waals surface area contributed by atoms with Crippen LogP contribution in [0, 0.1) is 12.7 Å². The van der Waals surface area contributed by atoms with Crippen molar-refractivity contribution >= 4 is 5.82 Å². The Kier molecular flexibility index (Phi) is 4.11. The molecule has 0 aliphatic rings. The summed E-state index contributed by atoms with van der Waals surface area (Å²) >= 11 is 0. The third kappa shape index (κ3) is 3.68. The van der Waals surface area contributed by atoms with Gasteiger partial charge in [-0.05, 0) is 18.6 Å². The topological polar surface area (TPSA) is 47.0 Å². The second-order valence-electron chi connectivity index (χ2n) is 5.93. The summed E-state index contributed by atoms with van der Waals surface area (Å²) in [5.74, 6) is 1.84. The number of hydrogen-bond donors (Lipinski definition) is 1. The van der Waals surface area contributed by atoms with E-state index >= 15 is 0 Å². The fraction of sp³-hybridized carbons (Fsp3) is 0.375. The molecular formula is C16H20FN3O. The second-order valence-corrected chi connectivity index (χ2v) is 5.93. The van der Waals surface area contributed by atoms with Gasteiger partial charge in [-0.2, -0.15) is 4.98 Å². The minimum absolute atomic E-state index is 0.205. The average molecular weight is 289 g/mol. The predicted octanol–water partition coefficient (Wildman–Crippen LogP) is 4.06. The number of benzene rings is 1. The van der Waals surface area contributed by atoms with Crippen LogP contribution in [0.15, 0.2) is 24.3 Å². The lowest BCUT2D eigenvalue weighted by molar-refractivity contribution is 0.442. The van der Waals surface area contributed by atoms with Crippen molar-refractivity contribution in [3.05, 3.63) is 41.5 Å². The maximum absolute atomic E-state index is 13.6. The van der Waals surface area contributed by atoms with Crippen molar-refractivity contribution in [1.82, 2.24) is 9.97 Å². The number of ether oxygens (including phenoxy) is 1. The zero-order valence-electron chi connectivity index (χ0n) is 13.0. The number of nitrogens with zero attached hydrogens (tertiary/aromatic N) is 2. The van der Waals surface area contributed by atoms with Gasteiger partial charge >= 0.3 is 0 Å². The Labute approximate surface area is 124 Å². The fourth-order valence-electron chi connectivity index (χ4n) is 1.70. The van der Waals surface area contributed by atoms with Crippen molar-refractivity contribution in [1.29, 1.82) is 0 Å². The molecule has 0 radical (unpaired) electrons. The minimum Gasteiger partial charge on any atom is -0.439 e. The highest BCUT2D eigenvalue weighted by Gasteiger charge is 2.19. The van der Waals surface area contributed by atoms with Gasteiger partial charge in [0.25, 0.3) is 0 Å². The SMILES string of the molecule is CNc1cc(Oc2ccc(C)c(F)c2)nc(C(C)(C)C)n1. The van der Waals surface area contributed by atoms with Crippen LogP contribution < -0.4 is 10.1 Å². The van der Waals surface area contributed by atoms with Crippen molar-refractivity contribution in [2.24, 2.45) is 0 Å². The Bertz CT molecular complexity index is 650. The summed E-state index contributed by atoms with van der Waals surface area (Å²) in [5, 5.41) is 2.98. The molecule has 0 saturated heterocycles. The summed E-state index contributed by atoms with van der Waals surface area (Å²) in [6, 6.07) is 6.44. The Morgan fingerprint density at radius 3 is 2.43 bits per heavy atom. The quantitative estimate of drug-likeness (QED) is 0.925. The van der Waals surface area contributed by atoms with Gasteiger partial charge in [-0.1, -0.05) is 26.8 Å². The summed E-state index contributed by atoms with van der Waals surface area (Å²) in [6.07, 6.45) is 0. The summed E-state index contributed by atoms with van der Waals surface area (Å²) in [4.78, 5) is 8.82. The molecule has 2 rings (SSSR count). The third-order valence-electron chi connectivity index (χ3n) is 3.00. The Morgan fingerprint density at radius 1 is 1.14 bits per heavy atom. The number of aromatic nitrogens is 2. The van der Waals surface area contributed by atoms with Gasteiger partial charge in [0.1, 0.15) is 23.2 Å². The molecule has 0 amide bonds. The molecule has 2 aromatic rings. The molecule has 0 saturated carbocycles. The predicted molar refractivity (Wildman–Crippen MR) is 81.5 cm³/mol. The molecule has 1 N–H and O–H groups in total. The molecular weight excluding hydrogens is 269 g/mol. The Morgan fingerprint density at radius 2 is 1.86 bits per heavy atom. The highest BCUT2D eigenvalue weighted by Crippen LogP contribution is 2.27. The number of hydrogen-bond acceptors (Lipinski definition) is 4. The van der Waals surface area contributed by atoms with Crippen LogP contribution in [0.4, 0.5) is 10.2 Å². The summed E-state index contributed by atoms with van der Waals surface area (Å²) < 4.78 is 19.2. The zero-order valence-corrected chi connectivity index (χ0v) is 13.0. The van der Waals surface area contributed by atoms with Crippen LogP contribution in [0.2, 0.25) is 0 Å². The number of rotatable bonds is 3. The van der Waals surface area contributed by atoms with Crippen LogP contribution in [0.25, 0.3) is 0 Å². The van der Waals surface area contributed by atoms with Gasteiger partial charge in [0.05, 0.1) is 0 Å². The number of aryl methyl sites for hydroxylation is 1. The van der Waals surface area contributed by atoms with Crippen LogP contribution in [0.3, 0.4) is 0 Å². The lowest BCUT2D eigenvalue weighted by atomic mass is 9.96. The number of anilines is 1. The van der Waals surface area contributed by atoms with Gasteiger partial charge in [0.15, 0.2) is 0 Å². The molecule has 1 aromatic heterocycles. The lowest BCUT2D eigenvalue weighted by Gasteiger charge is -2.18. The standard InChI is InChI=1S/C16H20FN3O/c1-10-6-7-11(8-12(10)17)21-14-9-13(18-5)19-15(20-14)16(2,3)4/h6-9H,1-5H3,(H,18,19,20). The van der Waals surface area contributed by atoms with E-state index in [1.165, 1.54) is 6.07 Å². The van der Waals surface area contributed by atoms with Gasteiger partial charge in [-0.3, -0.25) is 0 Å². The van der Waals surface area contributed by atoms with Crippen molar-refractivity contribution in [3.63, 3.8) is 0 Å². The number of nitrogens with one attached hydrogen (secondary N) is 1. The maximum atomic E-state index is 13.6. The van der Waals surface area contributed by atoms with Crippen LogP contribution >= 0.6 is 0 Å². The van der Waals surface area contributed by atoms with E-state index in [2.05, 4.69) is 15.3 Å². The molecule has 0 atom stereocenters. The fourth-order valence-corrected chi connectivity index (χ4v) is 1.70. The molecule has 5 heteroatoms. The largest absolute Gasteiger partial charge is 0.439 e. The molecule has 0 bridgehead atoms. The first kappa shape index (κ1) is 15.2. The van der Waals surface area contributed by atoms with E-state index in [9.17, 15) is 4.39 Å². The Hall–Kier alpha value is -2.17. The molecule has 0 fully saturated rings. The smallest absolute Gasteiger partial charge is 0.224 e. The minimum atomic E-state index is -0.300. The van der Waals surface area contributed by atoms with Crippen molar-refractivity contribution in [3.8, 4) is 11.6 Å². The van der Waals surface area contributed by atoms with Crippen LogP contribution in [0.5, 0.6) is 11.6 Å².